The highest BCUT2D eigenvalue weighted by Crippen LogP contribution is 2.24. The van der Waals surface area contributed by atoms with Gasteiger partial charge in [-0.3, -0.25) is 4.90 Å². The van der Waals surface area contributed by atoms with E-state index < -0.39 is 0 Å². The van der Waals surface area contributed by atoms with Crippen LogP contribution >= 0.6 is 28.1 Å². The second-order valence-corrected chi connectivity index (χ2v) is 6.90. The summed E-state index contributed by atoms with van der Waals surface area (Å²) in [6, 6.07) is 15.7. The maximum absolute atomic E-state index is 5.50. The first kappa shape index (κ1) is 17.8. The molecule has 8 heteroatoms. The number of methoxy groups -OCH3 is 1. The van der Waals surface area contributed by atoms with Crippen molar-refractivity contribution in [2.75, 3.05) is 14.2 Å². The second-order valence-electron chi connectivity index (χ2n) is 5.62. The van der Waals surface area contributed by atoms with E-state index in [1.54, 1.807) is 16.5 Å². The zero-order valence-electron chi connectivity index (χ0n) is 14.0. The van der Waals surface area contributed by atoms with Crippen LogP contribution < -0.4 is 4.74 Å². The molecule has 0 aliphatic rings. The van der Waals surface area contributed by atoms with Gasteiger partial charge in [-0.25, -0.2) is 4.68 Å². The highest BCUT2D eigenvalue weighted by atomic mass is 79.9. The van der Waals surface area contributed by atoms with Gasteiger partial charge < -0.3 is 4.74 Å². The predicted molar refractivity (Wildman–Crippen MR) is 102 cm³/mol. The minimum absolute atomic E-state index is 0.529. The van der Waals surface area contributed by atoms with Crippen molar-refractivity contribution >= 4 is 28.1 Å². The van der Waals surface area contributed by atoms with Gasteiger partial charge in [0.1, 0.15) is 5.75 Å². The number of rotatable bonds is 6. The third kappa shape index (κ3) is 4.15. The summed E-state index contributed by atoms with van der Waals surface area (Å²) in [4.78, 5) is 2.10. The van der Waals surface area contributed by atoms with Crippen molar-refractivity contribution in [2.24, 2.45) is 0 Å². The molecule has 0 atom stereocenters. The molecule has 0 fully saturated rings. The third-order valence-corrected chi connectivity index (χ3v) is 4.58. The summed E-state index contributed by atoms with van der Waals surface area (Å²) in [5.41, 5.74) is 1.98. The average molecular weight is 420 g/mol. The maximum atomic E-state index is 5.50. The van der Waals surface area contributed by atoms with Crippen LogP contribution in [0.25, 0.3) is 5.69 Å². The topological polar surface area (TPSA) is 48.1 Å². The Kier molecular flexibility index (Phi) is 5.62. The fourth-order valence-corrected chi connectivity index (χ4v) is 3.18. The molecule has 0 amide bonds. The normalized spacial score (nSPS) is 11.0. The minimum Gasteiger partial charge on any atom is -0.496 e. The number of para-hydroxylation sites is 1. The highest BCUT2D eigenvalue weighted by Gasteiger charge is 2.11. The lowest BCUT2D eigenvalue weighted by atomic mass is 10.2. The fraction of sp³-hybridized carbons (Fsp3) is 0.235. The number of halogens is 1. The molecule has 1 heterocycles. The minimum atomic E-state index is 0.529. The molecule has 130 valence electrons. The Labute approximate surface area is 159 Å². The van der Waals surface area contributed by atoms with Crippen LogP contribution in [-0.4, -0.2) is 38.8 Å². The zero-order valence-corrected chi connectivity index (χ0v) is 16.4. The van der Waals surface area contributed by atoms with Crippen LogP contribution in [0.1, 0.15) is 5.56 Å². The van der Waals surface area contributed by atoms with Crippen molar-refractivity contribution in [2.45, 2.75) is 13.2 Å². The molecule has 1 aromatic heterocycles. The largest absolute Gasteiger partial charge is 0.496 e. The molecule has 0 aliphatic heterocycles. The first-order chi connectivity index (χ1) is 12.1. The monoisotopic (exact) mass is 419 g/mol. The van der Waals surface area contributed by atoms with Crippen molar-refractivity contribution in [1.82, 2.24) is 24.7 Å². The van der Waals surface area contributed by atoms with E-state index in [0.29, 0.717) is 18.0 Å². The number of aromatic nitrogens is 4. The van der Waals surface area contributed by atoms with Crippen LogP contribution in [-0.2, 0) is 13.2 Å². The third-order valence-electron chi connectivity index (χ3n) is 3.70. The van der Waals surface area contributed by atoms with E-state index in [2.05, 4.69) is 37.3 Å². The van der Waals surface area contributed by atoms with Gasteiger partial charge in [0.15, 0.2) is 0 Å². The number of nitrogens with zero attached hydrogens (tertiary/aromatic N) is 5. The second kappa shape index (κ2) is 7.90. The summed E-state index contributed by atoms with van der Waals surface area (Å²) in [7, 11) is 3.68. The summed E-state index contributed by atoms with van der Waals surface area (Å²) < 4.78 is 10.4. The Morgan fingerprint density at radius 1 is 1.16 bits per heavy atom. The molecule has 3 rings (SSSR count). The number of benzene rings is 2. The Morgan fingerprint density at radius 3 is 2.64 bits per heavy atom. The quantitative estimate of drug-likeness (QED) is 0.570. The molecule has 0 radical (unpaired) electrons. The van der Waals surface area contributed by atoms with Crippen LogP contribution in [0.5, 0.6) is 5.75 Å². The number of hydrogen-bond acceptors (Lipinski definition) is 5. The van der Waals surface area contributed by atoms with Gasteiger partial charge in [0.2, 0.25) is 4.77 Å². The van der Waals surface area contributed by atoms with Gasteiger partial charge in [0.05, 0.1) is 19.5 Å². The van der Waals surface area contributed by atoms with Crippen molar-refractivity contribution in [3.8, 4) is 11.4 Å². The van der Waals surface area contributed by atoms with Gasteiger partial charge >= 0.3 is 0 Å². The number of hydrogen-bond donors (Lipinski definition) is 0. The van der Waals surface area contributed by atoms with Gasteiger partial charge in [0, 0.05) is 16.6 Å². The summed E-state index contributed by atoms with van der Waals surface area (Å²) in [6.45, 7) is 1.23. The predicted octanol–water partition coefficient (Wildman–Crippen LogP) is 3.66. The Hall–Kier alpha value is -2.03. The van der Waals surface area contributed by atoms with Crippen LogP contribution in [0.4, 0.5) is 0 Å². The van der Waals surface area contributed by atoms with Gasteiger partial charge in [-0.2, -0.15) is 4.68 Å². The molecule has 0 spiro atoms. The molecule has 0 saturated heterocycles. The first-order valence-corrected chi connectivity index (χ1v) is 8.88. The van der Waals surface area contributed by atoms with E-state index >= 15 is 0 Å². The van der Waals surface area contributed by atoms with E-state index in [1.807, 2.05) is 49.5 Å². The summed E-state index contributed by atoms with van der Waals surface area (Å²) >= 11 is 9.00. The van der Waals surface area contributed by atoms with E-state index in [1.165, 1.54) is 0 Å². The van der Waals surface area contributed by atoms with Crippen LogP contribution in [0.15, 0.2) is 53.0 Å². The molecule has 0 saturated carbocycles. The van der Waals surface area contributed by atoms with Gasteiger partial charge in [-0.15, -0.1) is 0 Å². The van der Waals surface area contributed by atoms with Crippen LogP contribution in [0.3, 0.4) is 0 Å². The lowest BCUT2D eigenvalue weighted by Gasteiger charge is -2.18. The molecular formula is C17H18BrN5OS. The molecule has 0 unspecified atom stereocenters. The summed E-state index contributed by atoms with van der Waals surface area (Å²) in [5.74, 6) is 0.853. The molecule has 0 N–H and O–H groups in total. The van der Waals surface area contributed by atoms with Crippen LogP contribution in [0.2, 0.25) is 0 Å². The van der Waals surface area contributed by atoms with Crippen molar-refractivity contribution in [3.05, 3.63) is 63.3 Å². The Balaban J connectivity index is 1.76. The highest BCUT2D eigenvalue weighted by molar-refractivity contribution is 9.10. The van der Waals surface area contributed by atoms with Crippen molar-refractivity contribution in [3.63, 3.8) is 0 Å². The Morgan fingerprint density at radius 2 is 1.92 bits per heavy atom. The zero-order chi connectivity index (χ0) is 17.8. The smallest absolute Gasteiger partial charge is 0.221 e. The number of ether oxygens (including phenoxy) is 1. The molecule has 2 aromatic carbocycles. The maximum Gasteiger partial charge on any atom is 0.221 e. The van der Waals surface area contributed by atoms with E-state index in [0.717, 1.165) is 21.5 Å². The lowest BCUT2D eigenvalue weighted by Crippen LogP contribution is -2.23. The van der Waals surface area contributed by atoms with E-state index in [9.17, 15) is 0 Å². The molecule has 25 heavy (non-hydrogen) atoms. The molecule has 0 aliphatic carbocycles. The Bertz CT molecular complexity index is 909. The van der Waals surface area contributed by atoms with Crippen molar-refractivity contribution in [1.29, 1.82) is 0 Å². The van der Waals surface area contributed by atoms with E-state index in [-0.39, 0.29) is 0 Å². The van der Waals surface area contributed by atoms with Crippen molar-refractivity contribution < 1.29 is 4.74 Å². The first-order valence-electron chi connectivity index (χ1n) is 7.67. The summed E-state index contributed by atoms with van der Waals surface area (Å²) in [6.07, 6.45) is 0. The molecular weight excluding hydrogens is 402 g/mol. The standard InChI is InChI=1S/C17H18BrN5OS/c1-21(11-13-10-14(18)8-9-16(13)24-2)12-22-17(25)23(20-19-22)15-6-4-3-5-7-15/h3-10H,11-12H2,1-2H3. The molecule has 6 nitrogen and oxygen atoms in total. The summed E-state index contributed by atoms with van der Waals surface area (Å²) in [5, 5.41) is 8.34. The lowest BCUT2D eigenvalue weighted by molar-refractivity contribution is 0.238. The fourth-order valence-electron chi connectivity index (χ4n) is 2.53. The van der Waals surface area contributed by atoms with Gasteiger partial charge in [-0.05, 0) is 60.0 Å². The number of tetrazole rings is 1. The average Bonchev–Trinajstić information content (AvgIpc) is 2.96. The van der Waals surface area contributed by atoms with Gasteiger partial charge in [0.25, 0.3) is 0 Å². The molecule has 3 aromatic rings. The molecule has 0 bridgehead atoms. The van der Waals surface area contributed by atoms with Crippen LogP contribution in [0, 0.1) is 4.77 Å². The van der Waals surface area contributed by atoms with Gasteiger partial charge in [-0.1, -0.05) is 34.1 Å². The van der Waals surface area contributed by atoms with E-state index in [4.69, 9.17) is 17.0 Å². The SMILES string of the molecule is COc1ccc(Br)cc1CN(C)Cn1nnn(-c2ccccc2)c1=S.